The molecule has 0 aliphatic heterocycles. The first kappa shape index (κ1) is 20.1. The molecule has 0 saturated heterocycles. The minimum Gasteiger partial charge on any atom is -0.457 e. The molecular weight excluding hydrogens is 388 g/mol. The van der Waals surface area contributed by atoms with E-state index in [1.54, 1.807) is 24.3 Å². The zero-order valence-electron chi connectivity index (χ0n) is 16.6. The third-order valence-electron chi connectivity index (χ3n) is 5.79. The summed E-state index contributed by atoms with van der Waals surface area (Å²) in [4.78, 5) is 12.7. The van der Waals surface area contributed by atoms with Crippen LogP contribution in [0.5, 0.6) is 11.5 Å². The van der Waals surface area contributed by atoms with Gasteiger partial charge in [0.15, 0.2) is 0 Å². The summed E-state index contributed by atoms with van der Waals surface area (Å²) in [5, 5.41) is 9.55. The van der Waals surface area contributed by atoms with Gasteiger partial charge in [0, 0.05) is 17.6 Å². The molecule has 2 aromatic carbocycles. The van der Waals surface area contributed by atoms with Gasteiger partial charge in [0.05, 0.1) is 5.92 Å². The molecule has 0 heterocycles. The number of alkyl halides is 2. The van der Waals surface area contributed by atoms with Crippen LogP contribution in [0.25, 0.3) is 0 Å². The molecule has 0 spiro atoms. The summed E-state index contributed by atoms with van der Waals surface area (Å²) in [6.45, 7) is 3.69. The number of nitriles is 1. The van der Waals surface area contributed by atoms with E-state index in [4.69, 9.17) is 9.47 Å². The number of hydrogen-bond donors (Lipinski definition) is 0. The van der Waals surface area contributed by atoms with Crippen molar-refractivity contribution in [1.29, 1.82) is 5.26 Å². The smallest absolute Gasteiger partial charge is 0.311 e. The third kappa shape index (κ3) is 3.93. The average molecular weight is 409 g/mol. The van der Waals surface area contributed by atoms with Crippen LogP contribution in [0.1, 0.15) is 31.9 Å². The van der Waals surface area contributed by atoms with E-state index in [1.165, 1.54) is 6.08 Å². The van der Waals surface area contributed by atoms with Crippen LogP contribution < -0.4 is 4.74 Å². The van der Waals surface area contributed by atoms with Crippen molar-refractivity contribution in [2.24, 2.45) is 17.3 Å². The van der Waals surface area contributed by atoms with Gasteiger partial charge < -0.3 is 9.47 Å². The molecule has 30 heavy (non-hydrogen) atoms. The van der Waals surface area contributed by atoms with Gasteiger partial charge in [-0.2, -0.15) is 5.26 Å². The van der Waals surface area contributed by atoms with Crippen LogP contribution in [-0.2, 0) is 9.53 Å². The quantitative estimate of drug-likeness (QED) is 0.445. The second-order valence-corrected chi connectivity index (χ2v) is 8.33. The molecular formula is C24H21F2NO3. The van der Waals surface area contributed by atoms with Gasteiger partial charge in [-0.1, -0.05) is 50.3 Å². The van der Waals surface area contributed by atoms with Crippen LogP contribution in [0.3, 0.4) is 0 Å². The standard InChI is InChI=1S/C24H21F2NO3/c1-23(2)19(12-16-13-24(16,25)26)21(23)22(28)30-20(14-27)15-7-6-10-18(11-15)29-17-8-4-3-5-9-17/h3-12,19-21H,13H2,1-2H3. The Bertz CT molecular complexity index is 1040. The van der Waals surface area contributed by atoms with Gasteiger partial charge >= 0.3 is 5.97 Å². The summed E-state index contributed by atoms with van der Waals surface area (Å²) >= 11 is 0. The second kappa shape index (κ2) is 7.24. The predicted octanol–water partition coefficient (Wildman–Crippen LogP) is 5.82. The highest BCUT2D eigenvalue weighted by atomic mass is 19.3. The zero-order chi connectivity index (χ0) is 21.5. The molecule has 2 saturated carbocycles. The molecule has 0 aromatic heterocycles. The molecule has 0 amide bonds. The summed E-state index contributed by atoms with van der Waals surface area (Å²) in [7, 11) is 0. The Kier molecular flexibility index (Phi) is 4.85. The van der Waals surface area contributed by atoms with E-state index >= 15 is 0 Å². The van der Waals surface area contributed by atoms with Crippen molar-refractivity contribution in [3.05, 3.63) is 71.8 Å². The molecule has 2 aromatic rings. The largest absolute Gasteiger partial charge is 0.457 e. The molecule has 4 rings (SSSR count). The summed E-state index contributed by atoms with van der Waals surface area (Å²) in [6.07, 6.45) is 0.154. The van der Waals surface area contributed by atoms with Gasteiger partial charge in [0.25, 0.3) is 5.92 Å². The fourth-order valence-corrected chi connectivity index (χ4v) is 3.76. The lowest BCUT2D eigenvalue weighted by Crippen LogP contribution is -2.14. The SMILES string of the molecule is CC1(C)C(C=C2CC2(F)F)C1C(=O)OC(C#N)c1cccc(Oc2ccccc2)c1. The van der Waals surface area contributed by atoms with Crippen LogP contribution in [0.15, 0.2) is 66.2 Å². The molecule has 0 radical (unpaired) electrons. The number of allylic oxidation sites excluding steroid dienone is 2. The molecule has 6 heteroatoms. The van der Waals surface area contributed by atoms with Crippen molar-refractivity contribution in [2.75, 3.05) is 0 Å². The maximum absolute atomic E-state index is 13.2. The van der Waals surface area contributed by atoms with Gasteiger partial charge in [-0.05, 0) is 35.6 Å². The van der Waals surface area contributed by atoms with Crippen LogP contribution in [0.2, 0.25) is 0 Å². The van der Waals surface area contributed by atoms with Crippen molar-refractivity contribution in [3.63, 3.8) is 0 Å². The number of hydrogen-bond acceptors (Lipinski definition) is 4. The number of rotatable bonds is 6. The lowest BCUT2D eigenvalue weighted by atomic mass is 10.1. The van der Waals surface area contributed by atoms with Crippen LogP contribution in [0, 0.1) is 28.6 Å². The highest BCUT2D eigenvalue weighted by Crippen LogP contribution is 2.62. The van der Waals surface area contributed by atoms with E-state index in [0.29, 0.717) is 17.1 Å². The van der Waals surface area contributed by atoms with E-state index < -0.39 is 29.3 Å². The van der Waals surface area contributed by atoms with Crippen molar-refractivity contribution in [2.45, 2.75) is 32.3 Å². The predicted molar refractivity (Wildman–Crippen MR) is 106 cm³/mol. The average Bonchev–Trinajstić information content (AvgIpc) is 3.51. The van der Waals surface area contributed by atoms with E-state index in [-0.39, 0.29) is 17.9 Å². The number of carbonyl (C=O) groups excluding carboxylic acids is 1. The summed E-state index contributed by atoms with van der Waals surface area (Å²) in [6, 6.07) is 18.0. The van der Waals surface area contributed by atoms with E-state index in [9.17, 15) is 18.8 Å². The highest BCUT2D eigenvalue weighted by molar-refractivity contribution is 5.79. The van der Waals surface area contributed by atoms with Gasteiger partial charge in [-0.25, -0.2) is 8.78 Å². The Morgan fingerprint density at radius 3 is 2.47 bits per heavy atom. The number of nitrogens with zero attached hydrogens (tertiary/aromatic N) is 1. The van der Waals surface area contributed by atoms with Crippen LogP contribution in [-0.4, -0.2) is 11.9 Å². The first-order valence-corrected chi connectivity index (χ1v) is 9.74. The molecule has 4 nitrogen and oxygen atoms in total. The Labute approximate surface area is 173 Å². The molecule has 2 aliphatic rings. The van der Waals surface area contributed by atoms with Crippen molar-refractivity contribution < 1.29 is 23.0 Å². The lowest BCUT2D eigenvalue weighted by molar-refractivity contribution is -0.149. The number of carbonyl (C=O) groups is 1. The Hall–Kier alpha value is -3.20. The monoisotopic (exact) mass is 409 g/mol. The Balaban J connectivity index is 1.45. The molecule has 2 aliphatic carbocycles. The number of ether oxygens (including phenoxy) is 2. The molecule has 154 valence electrons. The Morgan fingerprint density at radius 2 is 1.83 bits per heavy atom. The van der Waals surface area contributed by atoms with Gasteiger partial charge in [0.1, 0.15) is 17.6 Å². The molecule has 3 atom stereocenters. The Morgan fingerprint density at radius 1 is 1.17 bits per heavy atom. The highest BCUT2D eigenvalue weighted by Gasteiger charge is 2.64. The maximum Gasteiger partial charge on any atom is 0.311 e. The summed E-state index contributed by atoms with van der Waals surface area (Å²) in [5.41, 5.74) is 0.0981. The number of benzene rings is 2. The van der Waals surface area contributed by atoms with Gasteiger partial charge in [-0.3, -0.25) is 4.79 Å². The summed E-state index contributed by atoms with van der Waals surface area (Å²) < 4.78 is 37.6. The fourth-order valence-electron chi connectivity index (χ4n) is 3.76. The van der Waals surface area contributed by atoms with Crippen LogP contribution >= 0.6 is 0 Å². The lowest BCUT2D eigenvalue weighted by Gasteiger charge is -2.13. The van der Waals surface area contributed by atoms with Crippen LogP contribution in [0.4, 0.5) is 8.78 Å². The van der Waals surface area contributed by atoms with Gasteiger partial charge in [-0.15, -0.1) is 0 Å². The molecule has 2 fully saturated rings. The van der Waals surface area contributed by atoms with Gasteiger partial charge in [0.2, 0.25) is 6.10 Å². The first-order valence-electron chi connectivity index (χ1n) is 9.74. The van der Waals surface area contributed by atoms with Crippen molar-refractivity contribution in [1.82, 2.24) is 0 Å². The van der Waals surface area contributed by atoms with E-state index in [2.05, 4.69) is 0 Å². The minimum atomic E-state index is -2.73. The summed E-state index contributed by atoms with van der Waals surface area (Å²) in [5.74, 6) is -2.97. The zero-order valence-corrected chi connectivity index (χ0v) is 16.6. The fraction of sp³-hybridized carbons (Fsp3) is 0.333. The first-order chi connectivity index (χ1) is 14.2. The minimum absolute atomic E-state index is 0.0819. The van der Waals surface area contributed by atoms with E-state index in [0.717, 1.165) is 0 Å². The third-order valence-corrected chi connectivity index (χ3v) is 5.79. The number of esters is 1. The number of halogens is 2. The number of para-hydroxylation sites is 1. The topological polar surface area (TPSA) is 59.3 Å². The molecule has 3 unspecified atom stereocenters. The van der Waals surface area contributed by atoms with Crippen molar-refractivity contribution >= 4 is 5.97 Å². The second-order valence-electron chi connectivity index (χ2n) is 8.33. The molecule has 0 bridgehead atoms. The maximum atomic E-state index is 13.2. The van der Waals surface area contributed by atoms with E-state index in [1.807, 2.05) is 50.2 Å². The molecule has 0 N–H and O–H groups in total. The van der Waals surface area contributed by atoms with Crippen molar-refractivity contribution in [3.8, 4) is 17.6 Å². The normalized spacial score (nSPS) is 25.1.